The lowest BCUT2D eigenvalue weighted by Crippen LogP contribution is -2.35. The third-order valence-corrected chi connectivity index (χ3v) is 4.38. The Balaban J connectivity index is 1.68. The number of nitrogens with zero attached hydrogens (tertiary/aromatic N) is 2. The number of aryl methyl sites for hydroxylation is 1. The van der Waals surface area contributed by atoms with Gasteiger partial charge in [-0.1, -0.05) is 12.1 Å². The average Bonchev–Trinajstić information content (AvgIpc) is 3.25. The molecule has 22 heavy (non-hydrogen) atoms. The van der Waals surface area contributed by atoms with Gasteiger partial charge in [0.25, 0.3) is 0 Å². The van der Waals surface area contributed by atoms with Gasteiger partial charge in [-0.3, -0.25) is 4.79 Å². The van der Waals surface area contributed by atoms with Gasteiger partial charge in [0.2, 0.25) is 5.91 Å². The summed E-state index contributed by atoms with van der Waals surface area (Å²) in [7, 11) is 1.64. The van der Waals surface area contributed by atoms with Crippen molar-refractivity contribution in [1.82, 2.24) is 14.9 Å². The van der Waals surface area contributed by atoms with Crippen molar-refractivity contribution in [2.24, 2.45) is 0 Å². The summed E-state index contributed by atoms with van der Waals surface area (Å²) in [6.07, 6.45) is 5.49. The topological polar surface area (TPSA) is 56.2 Å². The predicted molar refractivity (Wildman–Crippen MR) is 83.7 cm³/mol. The molecule has 5 heteroatoms. The van der Waals surface area contributed by atoms with Crippen molar-refractivity contribution in [2.45, 2.75) is 38.3 Å². The van der Waals surface area contributed by atoms with E-state index in [1.54, 1.807) is 13.3 Å². The molecular weight excluding hydrogens is 278 g/mol. The number of benzene rings is 1. The van der Waals surface area contributed by atoms with Crippen LogP contribution < -0.4 is 10.1 Å². The van der Waals surface area contributed by atoms with E-state index in [1.807, 2.05) is 35.0 Å². The van der Waals surface area contributed by atoms with Crippen molar-refractivity contribution in [1.29, 1.82) is 0 Å². The van der Waals surface area contributed by atoms with Crippen LogP contribution in [0.1, 0.15) is 31.2 Å². The smallest absolute Gasteiger partial charge is 0.231 e. The second kappa shape index (κ2) is 5.83. The van der Waals surface area contributed by atoms with E-state index in [0.717, 1.165) is 36.5 Å². The first-order valence-corrected chi connectivity index (χ1v) is 7.62. The van der Waals surface area contributed by atoms with Gasteiger partial charge in [0.15, 0.2) is 0 Å². The molecule has 0 unspecified atom stereocenters. The van der Waals surface area contributed by atoms with Crippen LogP contribution in [0.2, 0.25) is 0 Å². The fourth-order valence-electron chi connectivity index (χ4n) is 2.81. The van der Waals surface area contributed by atoms with E-state index in [9.17, 15) is 4.79 Å². The average molecular weight is 299 g/mol. The molecule has 0 aliphatic heterocycles. The minimum Gasteiger partial charge on any atom is -0.497 e. The lowest BCUT2D eigenvalue weighted by atomic mass is 9.95. The molecule has 1 fully saturated rings. The highest BCUT2D eigenvalue weighted by atomic mass is 16.5. The van der Waals surface area contributed by atoms with Crippen molar-refractivity contribution < 1.29 is 9.53 Å². The number of nitrogens with one attached hydrogen (secondary N) is 1. The molecule has 3 rings (SSSR count). The Morgan fingerprint density at radius 1 is 1.36 bits per heavy atom. The number of rotatable bonds is 6. The monoisotopic (exact) mass is 299 g/mol. The van der Waals surface area contributed by atoms with Gasteiger partial charge < -0.3 is 14.6 Å². The maximum atomic E-state index is 12.6. The van der Waals surface area contributed by atoms with Crippen molar-refractivity contribution >= 4 is 5.91 Å². The maximum absolute atomic E-state index is 12.6. The quantitative estimate of drug-likeness (QED) is 0.890. The molecule has 0 saturated heterocycles. The minimum absolute atomic E-state index is 0.0864. The third-order valence-electron chi connectivity index (χ3n) is 4.38. The van der Waals surface area contributed by atoms with Crippen LogP contribution >= 0.6 is 0 Å². The molecule has 1 aromatic carbocycles. The molecule has 116 valence electrons. The molecule has 0 bridgehead atoms. The van der Waals surface area contributed by atoms with Gasteiger partial charge in [-0.2, -0.15) is 0 Å². The molecule has 0 atom stereocenters. The van der Waals surface area contributed by atoms with E-state index >= 15 is 0 Å². The van der Waals surface area contributed by atoms with Gasteiger partial charge in [0.1, 0.15) is 11.6 Å². The highest BCUT2D eigenvalue weighted by molar-refractivity contribution is 5.91. The summed E-state index contributed by atoms with van der Waals surface area (Å²) in [5, 5.41) is 3.04. The summed E-state index contributed by atoms with van der Waals surface area (Å²) in [6, 6.07) is 7.79. The normalized spacial score (nSPS) is 15.4. The molecule has 1 N–H and O–H groups in total. The molecule has 1 aliphatic rings. The zero-order valence-corrected chi connectivity index (χ0v) is 13.0. The first kappa shape index (κ1) is 14.6. The highest BCUT2D eigenvalue weighted by Crippen LogP contribution is 2.48. The van der Waals surface area contributed by atoms with E-state index in [2.05, 4.69) is 17.2 Å². The zero-order valence-electron chi connectivity index (χ0n) is 13.0. The third kappa shape index (κ3) is 2.58. The summed E-state index contributed by atoms with van der Waals surface area (Å²) in [4.78, 5) is 16.9. The van der Waals surface area contributed by atoms with Gasteiger partial charge in [-0.05, 0) is 37.5 Å². The van der Waals surface area contributed by atoms with Crippen LogP contribution in [0.25, 0.3) is 0 Å². The van der Waals surface area contributed by atoms with Crippen molar-refractivity contribution in [3.05, 3.63) is 48.0 Å². The fraction of sp³-hybridized carbons (Fsp3) is 0.412. The van der Waals surface area contributed by atoms with Crippen LogP contribution in [0.5, 0.6) is 5.75 Å². The fourth-order valence-corrected chi connectivity index (χ4v) is 2.81. The molecule has 0 radical (unpaired) electrons. The Morgan fingerprint density at radius 2 is 2.09 bits per heavy atom. The maximum Gasteiger partial charge on any atom is 0.231 e. The lowest BCUT2D eigenvalue weighted by molar-refractivity contribution is -0.123. The summed E-state index contributed by atoms with van der Waals surface area (Å²) in [6.45, 7) is 3.39. The Bertz CT molecular complexity index is 657. The largest absolute Gasteiger partial charge is 0.497 e. The lowest BCUT2D eigenvalue weighted by Gasteiger charge is -2.16. The molecule has 1 aliphatic carbocycles. The van der Waals surface area contributed by atoms with Crippen LogP contribution in [0.3, 0.4) is 0 Å². The Kier molecular flexibility index (Phi) is 3.88. The van der Waals surface area contributed by atoms with Crippen molar-refractivity contribution in [2.75, 3.05) is 7.11 Å². The minimum atomic E-state index is -0.365. The number of imidazole rings is 1. The number of hydrogen-bond acceptors (Lipinski definition) is 3. The van der Waals surface area contributed by atoms with E-state index in [0.29, 0.717) is 6.54 Å². The second-order valence-electron chi connectivity index (χ2n) is 5.62. The Labute approximate surface area is 130 Å². The predicted octanol–water partition coefficient (Wildman–Crippen LogP) is 2.26. The van der Waals surface area contributed by atoms with Gasteiger partial charge in [0.05, 0.1) is 19.1 Å². The van der Waals surface area contributed by atoms with Gasteiger partial charge in [-0.25, -0.2) is 4.98 Å². The number of amides is 1. The number of hydrogen-bond donors (Lipinski definition) is 1. The SMILES string of the molecule is CCn1ccnc1CNC(=O)C1(c2ccc(OC)cc2)CC1. The Morgan fingerprint density at radius 3 is 2.68 bits per heavy atom. The van der Waals surface area contributed by atoms with E-state index in [4.69, 9.17) is 4.74 Å². The first-order valence-electron chi connectivity index (χ1n) is 7.62. The van der Waals surface area contributed by atoms with Crippen molar-refractivity contribution in [3.8, 4) is 5.75 Å². The van der Waals surface area contributed by atoms with Crippen LogP contribution in [0.4, 0.5) is 0 Å². The zero-order chi connectivity index (χ0) is 15.6. The number of carbonyl (C=O) groups is 1. The molecule has 1 aromatic heterocycles. The van der Waals surface area contributed by atoms with Gasteiger partial charge in [-0.15, -0.1) is 0 Å². The molecule has 5 nitrogen and oxygen atoms in total. The number of methoxy groups -OCH3 is 1. The first-order chi connectivity index (χ1) is 10.7. The van der Waals surface area contributed by atoms with Crippen LogP contribution in [0, 0.1) is 0 Å². The van der Waals surface area contributed by atoms with Crippen LogP contribution in [0.15, 0.2) is 36.7 Å². The summed E-state index contributed by atoms with van der Waals surface area (Å²) in [5.41, 5.74) is 0.695. The molecule has 1 heterocycles. The van der Waals surface area contributed by atoms with Gasteiger partial charge in [0, 0.05) is 18.9 Å². The number of carbonyl (C=O) groups excluding carboxylic acids is 1. The number of aromatic nitrogens is 2. The molecule has 1 amide bonds. The Hall–Kier alpha value is -2.30. The van der Waals surface area contributed by atoms with Crippen LogP contribution in [-0.4, -0.2) is 22.6 Å². The van der Waals surface area contributed by atoms with E-state index in [-0.39, 0.29) is 11.3 Å². The molecule has 1 saturated carbocycles. The second-order valence-corrected chi connectivity index (χ2v) is 5.62. The summed E-state index contributed by atoms with van der Waals surface area (Å²) in [5.74, 6) is 1.79. The summed E-state index contributed by atoms with van der Waals surface area (Å²) >= 11 is 0. The van der Waals surface area contributed by atoms with Gasteiger partial charge >= 0.3 is 0 Å². The van der Waals surface area contributed by atoms with E-state index in [1.165, 1.54) is 0 Å². The molecule has 2 aromatic rings. The highest BCUT2D eigenvalue weighted by Gasteiger charge is 2.51. The number of ether oxygens (including phenoxy) is 1. The van der Waals surface area contributed by atoms with E-state index < -0.39 is 0 Å². The van der Waals surface area contributed by atoms with Crippen LogP contribution in [-0.2, 0) is 23.3 Å². The molecule has 0 spiro atoms. The summed E-state index contributed by atoms with van der Waals surface area (Å²) < 4.78 is 7.21. The standard InChI is InChI=1S/C17H21N3O2/c1-3-20-11-10-18-15(20)12-19-16(21)17(8-9-17)13-4-6-14(22-2)7-5-13/h4-7,10-11H,3,8-9,12H2,1-2H3,(H,19,21). The molecular formula is C17H21N3O2. The van der Waals surface area contributed by atoms with Crippen molar-refractivity contribution in [3.63, 3.8) is 0 Å².